The topological polar surface area (TPSA) is 123 Å². The summed E-state index contributed by atoms with van der Waals surface area (Å²) >= 11 is -2.03. The summed E-state index contributed by atoms with van der Waals surface area (Å²) in [5.41, 5.74) is 5.00. The van der Waals surface area contributed by atoms with E-state index in [0.717, 1.165) is 33.9 Å². The number of amides is 1. The number of anilines is 1. The lowest BCUT2D eigenvalue weighted by atomic mass is 9.79. The first-order valence-corrected chi connectivity index (χ1v) is 17.2. The van der Waals surface area contributed by atoms with Crippen LogP contribution in [0.15, 0.2) is 66.7 Å². The molecule has 0 bridgehead atoms. The SMILES string of the molecule is Cc1ccc(Oc2ccc(NC(=O)c3cc(C)cc(C)c3)cc2OS(=O)NC(C)(C)C(c2nnc3cc(C(C)(C)C)[nH]n23)C(C)C)cc1. The number of aromatic nitrogens is 4. The van der Waals surface area contributed by atoms with E-state index >= 15 is 0 Å². The Morgan fingerprint density at radius 3 is 2.15 bits per heavy atom. The number of ether oxygens (including phenoxy) is 1. The zero-order valence-corrected chi connectivity index (χ0v) is 30.2. The van der Waals surface area contributed by atoms with E-state index in [-0.39, 0.29) is 28.9 Å². The molecule has 1 amide bonds. The van der Waals surface area contributed by atoms with Crippen LogP contribution in [0.4, 0.5) is 5.69 Å². The number of aryl methyl sites for hydroxylation is 3. The summed E-state index contributed by atoms with van der Waals surface area (Å²) in [7, 11) is 0. The maximum Gasteiger partial charge on any atom is 0.288 e. The average molecular weight is 671 g/mol. The fourth-order valence-electron chi connectivity index (χ4n) is 6.00. The molecule has 254 valence electrons. The van der Waals surface area contributed by atoms with Crippen molar-refractivity contribution in [2.75, 3.05) is 5.32 Å². The van der Waals surface area contributed by atoms with Gasteiger partial charge in [-0.1, -0.05) is 69.5 Å². The Bertz CT molecular complexity index is 1930. The second-order valence-electron chi connectivity index (χ2n) is 14.4. The summed E-state index contributed by atoms with van der Waals surface area (Å²) in [5, 5.41) is 15.4. The predicted octanol–water partition coefficient (Wildman–Crippen LogP) is 8.09. The van der Waals surface area contributed by atoms with Crippen molar-refractivity contribution in [2.24, 2.45) is 5.92 Å². The molecule has 2 aromatic heterocycles. The molecule has 0 aliphatic rings. The van der Waals surface area contributed by atoms with E-state index < -0.39 is 16.8 Å². The van der Waals surface area contributed by atoms with Crippen molar-refractivity contribution in [3.63, 3.8) is 0 Å². The summed E-state index contributed by atoms with van der Waals surface area (Å²) < 4.78 is 31.1. The number of benzene rings is 3. The van der Waals surface area contributed by atoms with Crippen molar-refractivity contribution in [3.8, 4) is 17.2 Å². The molecule has 11 heteroatoms. The van der Waals surface area contributed by atoms with E-state index in [9.17, 15) is 9.00 Å². The van der Waals surface area contributed by atoms with Gasteiger partial charge in [0, 0.05) is 45.9 Å². The quantitative estimate of drug-likeness (QED) is 0.131. The van der Waals surface area contributed by atoms with Gasteiger partial charge < -0.3 is 14.2 Å². The number of fused-ring (bicyclic) bond motifs is 1. The molecule has 3 N–H and O–H groups in total. The first-order valence-electron chi connectivity index (χ1n) is 16.1. The van der Waals surface area contributed by atoms with Gasteiger partial charge in [-0.3, -0.25) is 9.89 Å². The molecular weight excluding hydrogens is 625 g/mol. The minimum Gasteiger partial charge on any atom is -0.453 e. The van der Waals surface area contributed by atoms with Crippen molar-refractivity contribution in [2.45, 2.75) is 86.1 Å². The molecule has 3 aromatic carbocycles. The van der Waals surface area contributed by atoms with Gasteiger partial charge in [0.15, 0.2) is 23.0 Å². The molecule has 0 aliphatic heterocycles. The second-order valence-corrected chi connectivity index (χ2v) is 15.3. The maximum absolute atomic E-state index is 13.8. The van der Waals surface area contributed by atoms with E-state index in [1.165, 1.54) is 0 Å². The van der Waals surface area contributed by atoms with Crippen LogP contribution in [0.1, 0.15) is 93.0 Å². The third-order valence-corrected chi connectivity index (χ3v) is 9.22. The Morgan fingerprint density at radius 1 is 0.854 bits per heavy atom. The maximum atomic E-state index is 13.8. The van der Waals surface area contributed by atoms with E-state index in [1.54, 1.807) is 18.2 Å². The highest BCUT2D eigenvalue weighted by molar-refractivity contribution is 7.78. The highest BCUT2D eigenvalue weighted by Gasteiger charge is 2.39. The highest BCUT2D eigenvalue weighted by atomic mass is 32.2. The largest absolute Gasteiger partial charge is 0.453 e. The lowest BCUT2D eigenvalue weighted by molar-refractivity contribution is 0.102. The summed E-state index contributed by atoms with van der Waals surface area (Å²) in [4.78, 5) is 13.2. The Labute approximate surface area is 285 Å². The van der Waals surface area contributed by atoms with Crippen LogP contribution in [0.25, 0.3) is 5.65 Å². The number of hydrogen-bond donors (Lipinski definition) is 3. The Hall–Kier alpha value is -4.48. The summed E-state index contributed by atoms with van der Waals surface area (Å²) in [6.07, 6.45) is 0. The van der Waals surface area contributed by atoms with Crippen molar-refractivity contribution in [3.05, 3.63) is 101 Å². The van der Waals surface area contributed by atoms with E-state index in [0.29, 0.717) is 22.7 Å². The van der Waals surface area contributed by atoms with Crippen LogP contribution in [0.3, 0.4) is 0 Å². The zero-order valence-electron chi connectivity index (χ0n) is 29.4. The molecule has 5 aromatic rings. The highest BCUT2D eigenvalue weighted by Crippen LogP contribution is 2.37. The first kappa shape index (κ1) is 34.8. The molecule has 0 aliphatic carbocycles. The standard InChI is InChI=1S/C37H46N6O4S/c1-22(2)33(34-40-39-32-21-31(36(6,7)8)41-43(32)34)37(9,10)42-48(45)47-30-20-27(38-35(44)26-18-24(4)17-25(5)19-26)13-16-29(30)46-28-14-11-23(3)12-15-28/h11-22,33,41-42H,1-10H3,(H,38,44). The fourth-order valence-corrected chi connectivity index (χ4v) is 6.89. The van der Waals surface area contributed by atoms with E-state index in [4.69, 9.17) is 8.92 Å². The number of H-pyrrole nitrogens is 1. The van der Waals surface area contributed by atoms with Crippen molar-refractivity contribution >= 4 is 28.5 Å². The molecule has 0 saturated carbocycles. The van der Waals surface area contributed by atoms with Crippen LogP contribution >= 0.6 is 0 Å². The third-order valence-electron chi connectivity index (χ3n) is 8.20. The fraction of sp³-hybridized carbons (Fsp3) is 0.378. The van der Waals surface area contributed by atoms with Gasteiger partial charge in [0.2, 0.25) is 0 Å². The molecule has 0 fully saturated rings. The normalized spacial score (nSPS) is 13.5. The van der Waals surface area contributed by atoms with Crippen molar-refractivity contribution < 1.29 is 17.9 Å². The predicted molar refractivity (Wildman–Crippen MR) is 191 cm³/mol. The molecule has 2 atom stereocenters. The van der Waals surface area contributed by atoms with Gasteiger partial charge in [0.1, 0.15) is 5.75 Å². The minimum atomic E-state index is -2.03. The Kier molecular flexibility index (Phi) is 9.84. The molecule has 0 spiro atoms. The van der Waals surface area contributed by atoms with Gasteiger partial charge in [-0.25, -0.2) is 4.52 Å². The van der Waals surface area contributed by atoms with Gasteiger partial charge in [-0.15, -0.1) is 10.2 Å². The van der Waals surface area contributed by atoms with Gasteiger partial charge in [0.25, 0.3) is 17.2 Å². The van der Waals surface area contributed by atoms with Crippen LogP contribution in [-0.4, -0.2) is 35.5 Å². The Morgan fingerprint density at radius 2 is 1.52 bits per heavy atom. The van der Waals surface area contributed by atoms with Crippen LogP contribution in [0.2, 0.25) is 0 Å². The molecular formula is C37H46N6O4S. The van der Waals surface area contributed by atoms with E-state index in [1.807, 2.05) is 87.7 Å². The van der Waals surface area contributed by atoms with Gasteiger partial charge >= 0.3 is 0 Å². The molecule has 0 saturated heterocycles. The van der Waals surface area contributed by atoms with Gasteiger partial charge in [0.05, 0.1) is 0 Å². The molecule has 0 radical (unpaired) electrons. The first-order chi connectivity index (χ1) is 22.5. The van der Waals surface area contributed by atoms with E-state index in [2.05, 4.69) is 60.0 Å². The number of carbonyl (C=O) groups is 1. The smallest absolute Gasteiger partial charge is 0.288 e. The lowest BCUT2D eigenvalue weighted by Crippen LogP contribution is -2.49. The van der Waals surface area contributed by atoms with Crippen LogP contribution in [0, 0.1) is 26.7 Å². The zero-order chi connectivity index (χ0) is 35.0. The third kappa shape index (κ3) is 7.96. The van der Waals surface area contributed by atoms with Crippen LogP contribution in [-0.2, 0) is 16.7 Å². The summed E-state index contributed by atoms with van der Waals surface area (Å²) in [6, 6.07) is 20.3. The number of nitrogens with one attached hydrogen (secondary N) is 3. The van der Waals surface area contributed by atoms with Crippen molar-refractivity contribution in [1.82, 2.24) is 24.5 Å². The monoisotopic (exact) mass is 670 g/mol. The molecule has 2 heterocycles. The van der Waals surface area contributed by atoms with Crippen LogP contribution in [0.5, 0.6) is 17.2 Å². The number of hydrogen-bond acceptors (Lipinski definition) is 6. The Balaban J connectivity index is 1.42. The van der Waals surface area contributed by atoms with Gasteiger partial charge in [-0.2, -0.15) is 8.93 Å². The summed E-state index contributed by atoms with van der Waals surface area (Å²) in [6.45, 7) is 20.4. The average Bonchev–Trinajstić information content (AvgIpc) is 3.57. The molecule has 2 unspecified atom stereocenters. The number of carbonyl (C=O) groups excluding carboxylic acids is 1. The van der Waals surface area contributed by atoms with Crippen molar-refractivity contribution in [1.29, 1.82) is 0 Å². The van der Waals surface area contributed by atoms with Gasteiger partial charge in [-0.05, 0) is 76.9 Å². The van der Waals surface area contributed by atoms with Crippen LogP contribution < -0.4 is 19.0 Å². The second kappa shape index (κ2) is 13.6. The molecule has 10 nitrogen and oxygen atoms in total. The number of rotatable bonds is 11. The summed E-state index contributed by atoms with van der Waals surface area (Å²) in [5.74, 6) is 1.48. The molecule has 48 heavy (non-hydrogen) atoms. The number of aromatic amines is 1. The molecule has 5 rings (SSSR count). The lowest BCUT2D eigenvalue weighted by Gasteiger charge is -2.35. The minimum absolute atomic E-state index is 0.0975. The number of nitrogens with zero attached hydrogens (tertiary/aromatic N) is 3.